The van der Waals surface area contributed by atoms with Crippen LogP contribution in [0.15, 0.2) is 36.4 Å². The summed E-state index contributed by atoms with van der Waals surface area (Å²) in [5.74, 6) is -0.348. The first-order chi connectivity index (χ1) is 11.7. The number of fused-ring (bicyclic) bond motifs is 1. The number of nitrogens with zero attached hydrogens (tertiary/aromatic N) is 1. The van der Waals surface area contributed by atoms with Crippen molar-refractivity contribution >= 4 is 27.3 Å². The number of carbonyl (C=O) groups is 1. The highest BCUT2D eigenvalue weighted by molar-refractivity contribution is 7.92. The van der Waals surface area contributed by atoms with Crippen LogP contribution < -0.4 is 9.62 Å². The molecule has 0 radical (unpaired) electrons. The SMILES string of the molecule is Cc1ccc(NC(=O)c2ccc3c(c2)CC(C)N3S(C)(=O)=O)c(O)c1. The molecule has 0 spiro atoms. The van der Waals surface area contributed by atoms with Gasteiger partial charge < -0.3 is 10.4 Å². The molecule has 2 aromatic carbocycles. The fourth-order valence-electron chi connectivity index (χ4n) is 3.19. The predicted molar refractivity (Wildman–Crippen MR) is 97.7 cm³/mol. The fraction of sp³-hybridized carbons (Fsp3) is 0.278. The van der Waals surface area contributed by atoms with E-state index < -0.39 is 10.0 Å². The molecule has 1 amide bonds. The minimum absolute atomic E-state index is 0.00591. The zero-order valence-corrected chi connectivity index (χ0v) is 15.1. The van der Waals surface area contributed by atoms with Gasteiger partial charge in [0.15, 0.2) is 0 Å². The van der Waals surface area contributed by atoms with Crippen molar-refractivity contribution in [1.29, 1.82) is 0 Å². The Morgan fingerprint density at radius 1 is 1.24 bits per heavy atom. The summed E-state index contributed by atoms with van der Waals surface area (Å²) >= 11 is 0. The fourth-order valence-corrected chi connectivity index (χ4v) is 4.45. The van der Waals surface area contributed by atoms with Crippen LogP contribution in [0.5, 0.6) is 5.75 Å². The molecule has 7 heteroatoms. The molecular formula is C18H20N2O4S. The molecular weight excluding hydrogens is 340 g/mol. The van der Waals surface area contributed by atoms with Gasteiger partial charge in [0.05, 0.1) is 17.6 Å². The van der Waals surface area contributed by atoms with Gasteiger partial charge in [0.25, 0.3) is 5.91 Å². The maximum atomic E-state index is 12.5. The Bertz CT molecular complexity index is 954. The van der Waals surface area contributed by atoms with Gasteiger partial charge in [-0.1, -0.05) is 6.07 Å². The van der Waals surface area contributed by atoms with Crippen LogP contribution in [0, 0.1) is 6.92 Å². The Balaban J connectivity index is 1.88. The van der Waals surface area contributed by atoms with Gasteiger partial charge in [-0.3, -0.25) is 9.10 Å². The van der Waals surface area contributed by atoms with Crippen LogP contribution in [0.4, 0.5) is 11.4 Å². The summed E-state index contributed by atoms with van der Waals surface area (Å²) in [7, 11) is -3.36. The minimum Gasteiger partial charge on any atom is -0.506 e. The van der Waals surface area contributed by atoms with Gasteiger partial charge in [-0.25, -0.2) is 8.42 Å². The quantitative estimate of drug-likeness (QED) is 0.824. The third-order valence-corrected chi connectivity index (χ3v) is 5.52. The van der Waals surface area contributed by atoms with Crippen molar-refractivity contribution in [1.82, 2.24) is 0 Å². The second-order valence-electron chi connectivity index (χ2n) is 6.43. The summed E-state index contributed by atoms with van der Waals surface area (Å²) in [6.07, 6.45) is 1.73. The zero-order chi connectivity index (χ0) is 18.4. The normalized spacial score (nSPS) is 16.6. The third-order valence-electron chi connectivity index (χ3n) is 4.25. The maximum Gasteiger partial charge on any atom is 0.255 e. The third kappa shape index (κ3) is 3.32. The van der Waals surface area contributed by atoms with Crippen LogP contribution in [-0.2, 0) is 16.4 Å². The number of sulfonamides is 1. The molecule has 2 N–H and O–H groups in total. The van der Waals surface area contributed by atoms with Crippen LogP contribution in [-0.4, -0.2) is 31.7 Å². The number of carbonyl (C=O) groups excluding carboxylic acids is 1. The molecule has 0 aliphatic carbocycles. The van der Waals surface area contributed by atoms with Crippen molar-refractivity contribution in [2.24, 2.45) is 0 Å². The van der Waals surface area contributed by atoms with Crippen molar-refractivity contribution in [3.05, 3.63) is 53.1 Å². The van der Waals surface area contributed by atoms with Gasteiger partial charge in [-0.05, 0) is 61.7 Å². The van der Waals surface area contributed by atoms with Crippen LogP contribution >= 0.6 is 0 Å². The largest absolute Gasteiger partial charge is 0.506 e. The minimum atomic E-state index is -3.36. The van der Waals surface area contributed by atoms with E-state index >= 15 is 0 Å². The van der Waals surface area contributed by atoms with E-state index in [0.717, 1.165) is 11.1 Å². The molecule has 1 atom stereocenters. The van der Waals surface area contributed by atoms with Crippen molar-refractivity contribution in [3.63, 3.8) is 0 Å². The van der Waals surface area contributed by atoms with Gasteiger partial charge in [0, 0.05) is 11.6 Å². The average molecular weight is 360 g/mol. The highest BCUT2D eigenvalue weighted by Gasteiger charge is 2.32. The molecule has 1 aliphatic rings. The van der Waals surface area contributed by atoms with E-state index in [9.17, 15) is 18.3 Å². The van der Waals surface area contributed by atoms with Crippen LogP contribution in [0.3, 0.4) is 0 Å². The summed E-state index contributed by atoms with van der Waals surface area (Å²) in [4.78, 5) is 12.5. The monoisotopic (exact) mass is 360 g/mol. The van der Waals surface area contributed by atoms with E-state index in [1.807, 2.05) is 13.8 Å². The standard InChI is InChI=1S/C18H20N2O4S/c1-11-4-6-15(17(21)8-11)19-18(22)13-5-7-16-14(10-13)9-12(2)20(16)25(3,23)24/h4-8,10,12,21H,9H2,1-3H3,(H,19,22). The first-order valence-electron chi connectivity index (χ1n) is 7.90. The van der Waals surface area contributed by atoms with Crippen molar-refractivity contribution in [2.45, 2.75) is 26.3 Å². The van der Waals surface area contributed by atoms with Crippen molar-refractivity contribution < 1.29 is 18.3 Å². The lowest BCUT2D eigenvalue weighted by molar-refractivity contribution is 0.102. The maximum absolute atomic E-state index is 12.5. The molecule has 0 fully saturated rings. The zero-order valence-electron chi connectivity index (χ0n) is 14.3. The number of benzene rings is 2. The summed E-state index contributed by atoms with van der Waals surface area (Å²) in [5, 5.41) is 12.6. The van der Waals surface area contributed by atoms with Gasteiger partial charge in [0.2, 0.25) is 10.0 Å². The number of anilines is 2. The molecule has 1 heterocycles. The molecule has 25 heavy (non-hydrogen) atoms. The van der Waals surface area contributed by atoms with Gasteiger partial charge in [-0.2, -0.15) is 0 Å². The van der Waals surface area contributed by atoms with Crippen LogP contribution in [0.25, 0.3) is 0 Å². The Kier molecular flexibility index (Phi) is 4.20. The van der Waals surface area contributed by atoms with Crippen molar-refractivity contribution in [3.8, 4) is 5.75 Å². The Morgan fingerprint density at radius 2 is 1.96 bits per heavy atom. The molecule has 0 bridgehead atoms. The Morgan fingerprint density at radius 3 is 2.60 bits per heavy atom. The summed E-state index contributed by atoms with van der Waals surface area (Å²) in [6.45, 7) is 3.69. The molecule has 1 unspecified atom stereocenters. The van der Waals surface area contributed by atoms with Gasteiger partial charge in [0.1, 0.15) is 5.75 Å². The number of hydrogen-bond donors (Lipinski definition) is 2. The van der Waals surface area contributed by atoms with E-state index in [-0.39, 0.29) is 17.7 Å². The number of rotatable bonds is 3. The lowest BCUT2D eigenvalue weighted by atomic mass is 10.1. The van der Waals surface area contributed by atoms with E-state index in [2.05, 4.69) is 5.32 Å². The predicted octanol–water partition coefficient (Wildman–Crippen LogP) is 2.66. The molecule has 1 aliphatic heterocycles. The molecule has 6 nitrogen and oxygen atoms in total. The number of phenols is 1. The van der Waals surface area contributed by atoms with E-state index in [4.69, 9.17) is 0 Å². The second kappa shape index (κ2) is 6.07. The first kappa shape index (κ1) is 17.3. The lowest BCUT2D eigenvalue weighted by Gasteiger charge is -2.21. The van der Waals surface area contributed by atoms with E-state index in [1.54, 1.807) is 36.4 Å². The highest BCUT2D eigenvalue weighted by Crippen LogP contribution is 2.35. The number of amides is 1. The Labute approximate surface area is 147 Å². The number of nitrogens with one attached hydrogen (secondary N) is 1. The summed E-state index contributed by atoms with van der Waals surface area (Å²) < 4.78 is 25.3. The Hall–Kier alpha value is -2.54. The number of phenolic OH excluding ortho intramolecular Hbond substituents is 1. The molecule has 0 aromatic heterocycles. The molecule has 0 saturated heterocycles. The first-order valence-corrected chi connectivity index (χ1v) is 9.75. The van der Waals surface area contributed by atoms with Crippen molar-refractivity contribution in [2.75, 3.05) is 15.9 Å². The summed E-state index contributed by atoms with van der Waals surface area (Å²) in [6, 6.07) is 9.79. The number of aryl methyl sites for hydroxylation is 1. The molecule has 132 valence electrons. The molecule has 3 rings (SSSR count). The summed E-state index contributed by atoms with van der Waals surface area (Å²) in [5.41, 5.74) is 3.08. The highest BCUT2D eigenvalue weighted by atomic mass is 32.2. The molecule has 2 aromatic rings. The van der Waals surface area contributed by atoms with Gasteiger partial charge >= 0.3 is 0 Å². The second-order valence-corrected chi connectivity index (χ2v) is 8.29. The van der Waals surface area contributed by atoms with Crippen LogP contribution in [0.2, 0.25) is 0 Å². The topological polar surface area (TPSA) is 86.7 Å². The number of hydrogen-bond acceptors (Lipinski definition) is 4. The average Bonchev–Trinajstić information content (AvgIpc) is 2.84. The molecule has 0 saturated carbocycles. The van der Waals surface area contributed by atoms with E-state index in [0.29, 0.717) is 23.4 Å². The lowest BCUT2D eigenvalue weighted by Crippen LogP contribution is -2.34. The van der Waals surface area contributed by atoms with Crippen LogP contribution in [0.1, 0.15) is 28.4 Å². The smallest absolute Gasteiger partial charge is 0.255 e. The van der Waals surface area contributed by atoms with E-state index in [1.165, 1.54) is 10.6 Å². The van der Waals surface area contributed by atoms with Gasteiger partial charge in [-0.15, -0.1) is 0 Å². The number of aromatic hydroxyl groups is 1.